The van der Waals surface area contributed by atoms with E-state index in [9.17, 15) is 21.2 Å². The topological polar surface area (TPSA) is 106 Å². The van der Waals surface area contributed by atoms with Crippen LogP contribution in [0.3, 0.4) is 0 Å². The van der Waals surface area contributed by atoms with Crippen LogP contribution in [0.1, 0.15) is 6.42 Å². The number of halogens is 2. The summed E-state index contributed by atoms with van der Waals surface area (Å²) < 4.78 is 62.8. The Labute approximate surface area is 124 Å². The number of nitrogen functional groups attached to an aromatic ring is 1. The Balaban J connectivity index is 2.32. The molecule has 1 saturated heterocycles. The Morgan fingerprint density at radius 1 is 1.40 bits per heavy atom. The highest BCUT2D eigenvalue weighted by Crippen LogP contribution is 2.26. The molecular formula is C10H12BrFN2O4S2. The van der Waals surface area contributed by atoms with Crippen molar-refractivity contribution in [1.82, 2.24) is 4.72 Å². The molecule has 1 atom stereocenters. The van der Waals surface area contributed by atoms with Crippen molar-refractivity contribution >= 4 is 41.5 Å². The van der Waals surface area contributed by atoms with Crippen LogP contribution in [-0.2, 0) is 19.9 Å². The average Bonchev–Trinajstić information content (AvgIpc) is 2.62. The van der Waals surface area contributed by atoms with E-state index in [-0.39, 0.29) is 28.1 Å². The lowest BCUT2D eigenvalue weighted by Crippen LogP contribution is -2.36. The first kappa shape index (κ1) is 15.7. The molecule has 0 bridgehead atoms. The van der Waals surface area contributed by atoms with Crippen molar-refractivity contribution in [2.24, 2.45) is 0 Å². The Kier molecular flexibility index (Phi) is 4.11. The van der Waals surface area contributed by atoms with E-state index in [0.29, 0.717) is 0 Å². The van der Waals surface area contributed by atoms with Gasteiger partial charge in [-0.3, -0.25) is 0 Å². The Morgan fingerprint density at radius 3 is 2.60 bits per heavy atom. The minimum atomic E-state index is -4.17. The fraction of sp³-hybridized carbons (Fsp3) is 0.400. The molecule has 0 aliphatic carbocycles. The van der Waals surface area contributed by atoms with Gasteiger partial charge < -0.3 is 5.73 Å². The van der Waals surface area contributed by atoms with Crippen LogP contribution in [-0.4, -0.2) is 34.4 Å². The monoisotopic (exact) mass is 386 g/mol. The molecule has 2 rings (SSSR count). The van der Waals surface area contributed by atoms with E-state index in [1.807, 2.05) is 0 Å². The standard InChI is InChI=1S/C10H12BrFN2O4S2/c11-8-3-6(13)4-9(10(8)12)20(17,18)14-7-1-2-19(15,16)5-7/h3-4,7,14H,1-2,5,13H2. The molecule has 1 aliphatic rings. The van der Waals surface area contributed by atoms with Crippen molar-refractivity contribution in [2.75, 3.05) is 17.2 Å². The van der Waals surface area contributed by atoms with E-state index >= 15 is 0 Å². The maximum atomic E-state index is 13.9. The summed E-state index contributed by atoms with van der Waals surface area (Å²) in [5.74, 6) is -1.33. The van der Waals surface area contributed by atoms with Crippen LogP contribution in [0.5, 0.6) is 0 Å². The number of nitrogens with two attached hydrogens (primary N) is 1. The molecule has 1 aromatic rings. The van der Waals surface area contributed by atoms with E-state index < -0.39 is 36.6 Å². The Hall–Kier alpha value is -0.710. The van der Waals surface area contributed by atoms with Gasteiger partial charge in [0.2, 0.25) is 10.0 Å². The molecule has 1 unspecified atom stereocenters. The molecule has 0 saturated carbocycles. The van der Waals surface area contributed by atoms with E-state index in [0.717, 1.165) is 6.07 Å². The fourth-order valence-corrected chi connectivity index (χ4v) is 5.74. The summed E-state index contributed by atoms with van der Waals surface area (Å²) in [6, 6.07) is 1.49. The Morgan fingerprint density at radius 2 is 2.05 bits per heavy atom. The zero-order chi connectivity index (χ0) is 15.1. The smallest absolute Gasteiger partial charge is 0.243 e. The third kappa shape index (κ3) is 3.30. The summed E-state index contributed by atoms with van der Waals surface area (Å²) in [5, 5.41) is 0. The number of sulfone groups is 1. The van der Waals surface area contributed by atoms with E-state index in [4.69, 9.17) is 5.73 Å². The molecular weight excluding hydrogens is 375 g/mol. The first-order valence-corrected chi connectivity index (χ1v) is 9.68. The first-order chi connectivity index (χ1) is 9.11. The molecule has 1 fully saturated rings. The third-order valence-electron chi connectivity index (χ3n) is 2.86. The van der Waals surface area contributed by atoms with Gasteiger partial charge in [0, 0.05) is 11.7 Å². The predicted molar refractivity (Wildman–Crippen MR) is 75.9 cm³/mol. The first-order valence-electron chi connectivity index (χ1n) is 5.58. The molecule has 1 aromatic carbocycles. The van der Waals surface area contributed by atoms with Gasteiger partial charge in [0.25, 0.3) is 0 Å². The molecule has 1 aliphatic heterocycles. The van der Waals surface area contributed by atoms with Gasteiger partial charge in [-0.2, -0.15) is 0 Å². The van der Waals surface area contributed by atoms with Gasteiger partial charge in [0.15, 0.2) is 15.7 Å². The zero-order valence-electron chi connectivity index (χ0n) is 10.1. The average molecular weight is 387 g/mol. The molecule has 3 N–H and O–H groups in total. The summed E-state index contributed by atoms with van der Waals surface area (Å²) in [7, 11) is -7.40. The number of hydrogen-bond acceptors (Lipinski definition) is 5. The van der Waals surface area contributed by atoms with Gasteiger partial charge >= 0.3 is 0 Å². The van der Waals surface area contributed by atoms with Crippen molar-refractivity contribution < 1.29 is 21.2 Å². The van der Waals surface area contributed by atoms with Crippen molar-refractivity contribution in [3.05, 3.63) is 22.4 Å². The van der Waals surface area contributed by atoms with Crippen molar-refractivity contribution in [3.8, 4) is 0 Å². The molecule has 10 heteroatoms. The lowest BCUT2D eigenvalue weighted by atomic mass is 10.3. The molecule has 6 nitrogen and oxygen atoms in total. The van der Waals surface area contributed by atoms with Crippen molar-refractivity contribution in [3.63, 3.8) is 0 Å². The van der Waals surface area contributed by atoms with E-state index in [2.05, 4.69) is 20.7 Å². The molecule has 0 aromatic heterocycles. The lowest BCUT2D eigenvalue weighted by Gasteiger charge is -2.13. The Bertz CT molecular complexity index is 749. The number of anilines is 1. The van der Waals surface area contributed by atoms with Gasteiger partial charge in [-0.15, -0.1) is 0 Å². The molecule has 112 valence electrons. The second-order valence-electron chi connectivity index (χ2n) is 4.54. The quantitative estimate of drug-likeness (QED) is 0.741. The highest BCUT2D eigenvalue weighted by Gasteiger charge is 2.32. The van der Waals surface area contributed by atoms with Crippen LogP contribution in [0.25, 0.3) is 0 Å². The maximum absolute atomic E-state index is 13.9. The SMILES string of the molecule is Nc1cc(Br)c(F)c(S(=O)(=O)NC2CCS(=O)(=O)C2)c1. The molecule has 0 radical (unpaired) electrons. The summed E-state index contributed by atoms with van der Waals surface area (Å²) >= 11 is 2.88. The zero-order valence-corrected chi connectivity index (χ0v) is 13.4. The van der Waals surface area contributed by atoms with Crippen LogP contribution in [0.4, 0.5) is 10.1 Å². The molecule has 0 amide bonds. The fourth-order valence-electron chi connectivity index (χ4n) is 1.95. The van der Waals surface area contributed by atoms with Crippen LogP contribution in [0.15, 0.2) is 21.5 Å². The number of rotatable bonds is 3. The molecule has 20 heavy (non-hydrogen) atoms. The summed E-state index contributed by atoms with van der Waals surface area (Å²) in [4.78, 5) is -0.603. The lowest BCUT2D eigenvalue weighted by molar-refractivity contribution is 0.542. The predicted octanol–water partition coefficient (Wildman–Crippen LogP) is 0.636. The largest absolute Gasteiger partial charge is 0.399 e. The van der Waals surface area contributed by atoms with Gasteiger partial charge in [0.05, 0.1) is 16.0 Å². The van der Waals surface area contributed by atoms with Gasteiger partial charge in [0.1, 0.15) is 4.90 Å². The van der Waals surface area contributed by atoms with Gasteiger partial charge in [-0.25, -0.2) is 25.9 Å². The third-order valence-corrected chi connectivity index (χ3v) is 6.73. The van der Waals surface area contributed by atoms with Crippen molar-refractivity contribution in [2.45, 2.75) is 17.4 Å². The highest BCUT2D eigenvalue weighted by atomic mass is 79.9. The molecule has 0 spiro atoms. The normalized spacial score (nSPS) is 22.0. The minimum absolute atomic E-state index is 0.0723. The number of hydrogen-bond donors (Lipinski definition) is 2. The number of sulfonamides is 1. The summed E-state index contributed by atoms with van der Waals surface area (Å²) in [6.45, 7) is 0. The van der Waals surface area contributed by atoms with Gasteiger partial charge in [-0.05, 0) is 34.5 Å². The molecule has 1 heterocycles. The number of nitrogens with one attached hydrogen (secondary N) is 1. The van der Waals surface area contributed by atoms with Crippen LogP contribution in [0, 0.1) is 5.82 Å². The highest BCUT2D eigenvalue weighted by molar-refractivity contribution is 9.10. The van der Waals surface area contributed by atoms with Crippen LogP contribution >= 0.6 is 15.9 Å². The van der Waals surface area contributed by atoms with Crippen molar-refractivity contribution in [1.29, 1.82) is 0 Å². The van der Waals surface area contributed by atoms with Crippen LogP contribution < -0.4 is 10.5 Å². The summed E-state index contributed by atoms with van der Waals surface area (Å²) in [6.07, 6.45) is 0.173. The second-order valence-corrected chi connectivity index (χ2v) is 9.30. The number of benzene rings is 1. The van der Waals surface area contributed by atoms with Crippen LogP contribution in [0.2, 0.25) is 0 Å². The minimum Gasteiger partial charge on any atom is -0.399 e. The van der Waals surface area contributed by atoms with Gasteiger partial charge in [-0.1, -0.05) is 0 Å². The van der Waals surface area contributed by atoms with E-state index in [1.54, 1.807) is 0 Å². The summed E-state index contributed by atoms with van der Waals surface area (Å²) in [5.41, 5.74) is 5.57. The maximum Gasteiger partial charge on any atom is 0.243 e. The van der Waals surface area contributed by atoms with E-state index in [1.165, 1.54) is 6.07 Å². The second kappa shape index (κ2) is 5.24.